The van der Waals surface area contributed by atoms with Gasteiger partial charge in [-0.15, -0.1) is 0 Å². The third-order valence-corrected chi connectivity index (χ3v) is 2.83. The van der Waals surface area contributed by atoms with Gasteiger partial charge in [0.15, 0.2) is 11.5 Å². The van der Waals surface area contributed by atoms with E-state index in [1.165, 1.54) is 0 Å². The number of aromatic nitrogens is 2. The molecular weight excluding hydrogens is 230 g/mol. The maximum absolute atomic E-state index is 5.63. The van der Waals surface area contributed by atoms with Gasteiger partial charge < -0.3 is 15.2 Å². The van der Waals surface area contributed by atoms with Crippen molar-refractivity contribution in [2.75, 3.05) is 20.0 Å². The van der Waals surface area contributed by atoms with Crippen molar-refractivity contribution in [3.63, 3.8) is 0 Å². The molecule has 96 valence electrons. The molecule has 3 N–H and O–H groups in total. The molecule has 0 radical (unpaired) electrons. The first kappa shape index (κ1) is 12.3. The lowest BCUT2D eigenvalue weighted by atomic mass is 10.0. The van der Waals surface area contributed by atoms with Crippen LogP contribution >= 0.6 is 0 Å². The molecule has 18 heavy (non-hydrogen) atoms. The number of nitrogens with zero attached hydrogens (tertiary/aromatic N) is 1. The maximum atomic E-state index is 5.63. The Bertz CT molecular complexity index is 549. The summed E-state index contributed by atoms with van der Waals surface area (Å²) < 4.78 is 10.8. The molecule has 1 aromatic heterocycles. The Kier molecular flexibility index (Phi) is 3.41. The predicted molar refractivity (Wildman–Crippen MR) is 70.9 cm³/mol. The van der Waals surface area contributed by atoms with Crippen molar-refractivity contribution < 1.29 is 9.47 Å². The molecule has 0 saturated heterocycles. The summed E-state index contributed by atoms with van der Waals surface area (Å²) in [5.41, 5.74) is 8.52. The van der Waals surface area contributed by atoms with Crippen molar-refractivity contribution in [1.29, 1.82) is 0 Å². The highest BCUT2D eigenvalue weighted by Crippen LogP contribution is 2.38. The van der Waals surface area contributed by atoms with Crippen LogP contribution in [0.4, 0.5) is 5.82 Å². The van der Waals surface area contributed by atoms with E-state index in [0.29, 0.717) is 17.3 Å². The summed E-state index contributed by atoms with van der Waals surface area (Å²) >= 11 is 0. The Hall–Kier alpha value is -2.17. The van der Waals surface area contributed by atoms with E-state index >= 15 is 0 Å². The van der Waals surface area contributed by atoms with Crippen LogP contribution in [0.1, 0.15) is 12.5 Å². The largest absolute Gasteiger partial charge is 0.493 e. The molecule has 0 aliphatic rings. The van der Waals surface area contributed by atoms with Gasteiger partial charge in [0.1, 0.15) is 5.82 Å². The highest BCUT2D eigenvalue weighted by molar-refractivity contribution is 5.73. The van der Waals surface area contributed by atoms with Gasteiger partial charge in [-0.2, -0.15) is 5.10 Å². The molecule has 0 unspecified atom stereocenters. The number of aromatic amines is 1. The van der Waals surface area contributed by atoms with Crippen LogP contribution in [0, 0.1) is 0 Å². The Labute approximate surface area is 106 Å². The van der Waals surface area contributed by atoms with Gasteiger partial charge >= 0.3 is 0 Å². The molecule has 0 amide bonds. The zero-order valence-corrected chi connectivity index (χ0v) is 10.8. The predicted octanol–water partition coefficient (Wildman–Crippen LogP) is 2.24. The fourth-order valence-corrected chi connectivity index (χ4v) is 1.90. The number of ether oxygens (including phenoxy) is 2. The molecule has 2 rings (SSSR count). The van der Waals surface area contributed by atoms with Crippen molar-refractivity contribution in [2.45, 2.75) is 13.3 Å². The maximum Gasteiger partial charge on any atom is 0.170 e. The molecule has 1 aromatic carbocycles. The van der Waals surface area contributed by atoms with Crippen LogP contribution in [0.3, 0.4) is 0 Å². The van der Waals surface area contributed by atoms with Crippen LogP contribution < -0.4 is 15.2 Å². The van der Waals surface area contributed by atoms with E-state index in [4.69, 9.17) is 15.2 Å². The number of anilines is 1. The van der Waals surface area contributed by atoms with Gasteiger partial charge in [-0.3, -0.25) is 5.10 Å². The van der Waals surface area contributed by atoms with Crippen molar-refractivity contribution >= 4 is 5.82 Å². The molecular formula is C13H17N3O2. The molecule has 5 heteroatoms. The van der Waals surface area contributed by atoms with Gasteiger partial charge in [-0.05, 0) is 24.1 Å². The van der Waals surface area contributed by atoms with Gasteiger partial charge in [0.25, 0.3) is 0 Å². The highest BCUT2D eigenvalue weighted by atomic mass is 16.5. The number of nitrogen functional groups attached to an aromatic ring is 1. The summed E-state index contributed by atoms with van der Waals surface area (Å²) in [6.45, 7) is 2.09. The Morgan fingerprint density at radius 3 is 2.50 bits per heavy atom. The minimum absolute atomic E-state index is 0.452. The van der Waals surface area contributed by atoms with E-state index < -0.39 is 0 Å². The number of nitrogens with two attached hydrogens (primary N) is 1. The van der Waals surface area contributed by atoms with Crippen LogP contribution in [0.15, 0.2) is 18.2 Å². The number of benzene rings is 1. The molecule has 0 fully saturated rings. The van der Waals surface area contributed by atoms with E-state index in [9.17, 15) is 0 Å². The molecule has 0 aliphatic heterocycles. The second-order valence-corrected chi connectivity index (χ2v) is 3.94. The lowest BCUT2D eigenvalue weighted by molar-refractivity contribution is 0.355. The second kappa shape index (κ2) is 5.00. The first-order valence-electron chi connectivity index (χ1n) is 5.75. The SMILES string of the molecule is CCc1cc(OC)c(OC)c(-c2cc(N)n[nH]2)c1. The summed E-state index contributed by atoms with van der Waals surface area (Å²) in [4.78, 5) is 0. The van der Waals surface area contributed by atoms with Crippen molar-refractivity contribution in [3.8, 4) is 22.8 Å². The number of rotatable bonds is 4. The third kappa shape index (κ3) is 2.11. The number of H-pyrrole nitrogens is 1. The topological polar surface area (TPSA) is 73.2 Å². The smallest absolute Gasteiger partial charge is 0.170 e. The summed E-state index contributed by atoms with van der Waals surface area (Å²) in [6, 6.07) is 5.80. The molecule has 1 heterocycles. The monoisotopic (exact) mass is 247 g/mol. The number of hydrogen-bond acceptors (Lipinski definition) is 4. The summed E-state index contributed by atoms with van der Waals surface area (Å²) in [7, 11) is 3.25. The van der Waals surface area contributed by atoms with E-state index in [1.54, 1.807) is 20.3 Å². The molecule has 0 saturated carbocycles. The number of nitrogens with one attached hydrogen (secondary N) is 1. The quantitative estimate of drug-likeness (QED) is 0.869. The normalized spacial score (nSPS) is 10.4. The molecule has 0 aliphatic carbocycles. The van der Waals surface area contributed by atoms with E-state index in [-0.39, 0.29) is 0 Å². The fraction of sp³-hybridized carbons (Fsp3) is 0.308. The Balaban J connectivity index is 2.63. The lowest BCUT2D eigenvalue weighted by Crippen LogP contribution is -1.96. The standard InChI is InChI=1S/C13H17N3O2/c1-4-8-5-9(10-7-12(14)16-15-10)13(18-3)11(6-8)17-2/h5-7H,4H2,1-3H3,(H3,14,15,16). The van der Waals surface area contributed by atoms with Crippen LogP contribution in [0.5, 0.6) is 11.5 Å². The Morgan fingerprint density at radius 2 is 2.00 bits per heavy atom. The van der Waals surface area contributed by atoms with Gasteiger partial charge in [-0.25, -0.2) is 0 Å². The average Bonchev–Trinajstić information content (AvgIpc) is 2.83. The summed E-state index contributed by atoms with van der Waals surface area (Å²) in [5, 5.41) is 6.82. The van der Waals surface area contributed by atoms with Gasteiger partial charge in [0.2, 0.25) is 0 Å². The van der Waals surface area contributed by atoms with E-state index in [1.807, 2.05) is 12.1 Å². The lowest BCUT2D eigenvalue weighted by Gasteiger charge is -2.13. The zero-order chi connectivity index (χ0) is 13.1. The fourth-order valence-electron chi connectivity index (χ4n) is 1.90. The average molecular weight is 247 g/mol. The summed E-state index contributed by atoms with van der Waals surface area (Å²) in [6.07, 6.45) is 0.914. The Morgan fingerprint density at radius 1 is 1.22 bits per heavy atom. The van der Waals surface area contributed by atoms with Crippen LogP contribution in [-0.2, 0) is 6.42 Å². The van der Waals surface area contributed by atoms with Gasteiger partial charge in [-0.1, -0.05) is 6.92 Å². The van der Waals surface area contributed by atoms with Crippen LogP contribution in [0.25, 0.3) is 11.3 Å². The first-order valence-corrected chi connectivity index (χ1v) is 5.75. The van der Waals surface area contributed by atoms with Gasteiger partial charge in [0.05, 0.1) is 19.9 Å². The van der Waals surface area contributed by atoms with E-state index in [0.717, 1.165) is 23.2 Å². The number of hydrogen-bond donors (Lipinski definition) is 2. The molecule has 5 nitrogen and oxygen atoms in total. The second-order valence-electron chi connectivity index (χ2n) is 3.94. The van der Waals surface area contributed by atoms with Crippen LogP contribution in [0.2, 0.25) is 0 Å². The first-order chi connectivity index (χ1) is 8.69. The molecule has 2 aromatic rings. The third-order valence-electron chi connectivity index (χ3n) is 2.83. The molecule has 0 bridgehead atoms. The van der Waals surface area contributed by atoms with Crippen molar-refractivity contribution in [2.24, 2.45) is 0 Å². The molecule has 0 atom stereocenters. The highest BCUT2D eigenvalue weighted by Gasteiger charge is 2.15. The van der Waals surface area contributed by atoms with Crippen molar-refractivity contribution in [3.05, 3.63) is 23.8 Å². The number of aryl methyl sites for hydroxylation is 1. The number of methoxy groups -OCH3 is 2. The van der Waals surface area contributed by atoms with Crippen LogP contribution in [-0.4, -0.2) is 24.4 Å². The van der Waals surface area contributed by atoms with E-state index in [2.05, 4.69) is 17.1 Å². The molecule has 0 spiro atoms. The minimum Gasteiger partial charge on any atom is -0.493 e. The van der Waals surface area contributed by atoms with Gasteiger partial charge in [0, 0.05) is 11.6 Å². The summed E-state index contributed by atoms with van der Waals surface area (Å²) in [5.74, 6) is 1.84. The van der Waals surface area contributed by atoms with Crippen molar-refractivity contribution in [1.82, 2.24) is 10.2 Å². The minimum atomic E-state index is 0.452. The zero-order valence-electron chi connectivity index (χ0n) is 10.8.